The maximum absolute atomic E-state index is 12.5. The molecule has 0 unspecified atom stereocenters. The second-order valence-corrected chi connectivity index (χ2v) is 8.11. The average molecular weight is 514 g/mol. The van der Waals surface area contributed by atoms with Crippen molar-refractivity contribution in [1.82, 2.24) is 10.7 Å². The maximum atomic E-state index is 12.5. The summed E-state index contributed by atoms with van der Waals surface area (Å²) in [4.78, 5) is 36.5. The van der Waals surface area contributed by atoms with Crippen LogP contribution in [0.4, 0.5) is 0 Å². The van der Waals surface area contributed by atoms with Gasteiger partial charge in [-0.25, -0.2) is 10.2 Å². The van der Waals surface area contributed by atoms with Gasteiger partial charge in [0.2, 0.25) is 0 Å². The molecule has 0 atom stereocenters. The Labute approximate surface area is 211 Å². The van der Waals surface area contributed by atoms with E-state index in [0.29, 0.717) is 16.1 Å². The fourth-order valence-corrected chi connectivity index (χ4v) is 3.41. The first-order valence-corrected chi connectivity index (χ1v) is 11.0. The largest absolute Gasteiger partial charge is 0.493 e. The molecule has 180 valence electrons. The van der Waals surface area contributed by atoms with Crippen molar-refractivity contribution < 1.29 is 23.9 Å². The topological polar surface area (TPSA) is 106 Å². The highest BCUT2D eigenvalue weighted by Crippen LogP contribution is 2.29. The molecule has 0 radical (unpaired) electrons. The van der Waals surface area contributed by atoms with Crippen molar-refractivity contribution in [2.24, 2.45) is 5.10 Å². The molecule has 0 aromatic heterocycles. The number of hydrogen-bond acceptors (Lipinski definition) is 6. The van der Waals surface area contributed by atoms with Gasteiger partial charge in [0.05, 0.1) is 30.5 Å². The van der Waals surface area contributed by atoms with E-state index in [1.165, 1.54) is 37.6 Å². The highest BCUT2D eigenvalue weighted by atomic mass is 35.5. The number of amides is 2. The summed E-state index contributed by atoms with van der Waals surface area (Å²) in [6, 6.07) is 16.2. The highest BCUT2D eigenvalue weighted by molar-refractivity contribution is 6.36. The van der Waals surface area contributed by atoms with Gasteiger partial charge in [0.15, 0.2) is 11.5 Å². The number of methoxy groups -OCH3 is 1. The van der Waals surface area contributed by atoms with Crippen LogP contribution < -0.4 is 20.2 Å². The molecular weight excluding hydrogens is 493 g/mol. The van der Waals surface area contributed by atoms with Crippen LogP contribution in [-0.4, -0.2) is 37.7 Å². The lowest BCUT2D eigenvalue weighted by molar-refractivity contribution is -0.120. The van der Waals surface area contributed by atoms with Crippen LogP contribution in [0.2, 0.25) is 10.0 Å². The lowest BCUT2D eigenvalue weighted by atomic mass is 10.1. The number of carbonyl (C=O) groups is 3. The fourth-order valence-electron chi connectivity index (χ4n) is 2.93. The van der Waals surface area contributed by atoms with Gasteiger partial charge in [0.25, 0.3) is 11.8 Å². The molecular formula is C25H21Cl2N3O5. The average Bonchev–Trinajstić information content (AvgIpc) is 2.83. The maximum Gasteiger partial charge on any atom is 0.345 e. The van der Waals surface area contributed by atoms with Crippen molar-refractivity contribution in [3.05, 3.63) is 93.0 Å². The third-order valence-corrected chi connectivity index (χ3v) is 5.18. The van der Waals surface area contributed by atoms with Crippen LogP contribution in [0.3, 0.4) is 0 Å². The van der Waals surface area contributed by atoms with Crippen molar-refractivity contribution in [1.29, 1.82) is 0 Å². The van der Waals surface area contributed by atoms with E-state index >= 15 is 0 Å². The Hall–Kier alpha value is -3.88. The van der Waals surface area contributed by atoms with Crippen LogP contribution in [0, 0.1) is 6.92 Å². The molecule has 0 fully saturated rings. The highest BCUT2D eigenvalue weighted by Gasteiger charge is 2.16. The first kappa shape index (κ1) is 25.7. The monoisotopic (exact) mass is 513 g/mol. The number of halogens is 2. The standard InChI is InChI=1S/C25H21Cl2N3O5/c1-15-4-3-5-17(10-15)24(32)28-14-23(31)30-29-13-16-6-9-21(22(11-16)34-2)35-25(33)19-8-7-18(26)12-20(19)27/h3-13H,14H2,1-2H3,(H,28,32)(H,30,31)/b29-13+. The van der Waals surface area contributed by atoms with E-state index < -0.39 is 11.9 Å². The zero-order valence-electron chi connectivity index (χ0n) is 18.8. The van der Waals surface area contributed by atoms with E-state index in [-0.39, 0.29) is 34.5 Å². The number of hydrogen-bond donors (Lipinski definition) is 2. The van der Waals surface area contributed by atoms with E-state index in [1.54, 1.807) is 30.3 Å². The Balaban J connectivity index is 1.56. The SMILES string of the molecule is COc1cc(/C=N/NC(=O)CNC(=O)c2cccc(C)c2)ccc1OC(=O)c1ccc(Cl)cc1Cl. The number of hydrazone groups is 1. The zero-order chi connectivity index (χ0) is 25.4. The van der Waals surface area contributed by atoms with Crippen molar-refractivity contribution in [2.45, 2.75) is 6.92 Å². The summed E-state index contributed by atoms with van der Waals surface area (Å²) in [5, 5.41) is 6.96. The van der Waals surface area contributed by atoms with Gasteiger partial charge >= 0.3 is 5.97 Å². The van der Waals surface area contributed by atoms with E-state index in [1.807, 2.05) is 13.0 Å². The third-order valence-electron chi connectivity index (χ3n) is 4.63. The van der Waals surface area contributed by atoms with Crippen molar-refractivity contribution in [3.8, 4) is 11.5 Å². The van der Waals surface area contributed by atoms with Crippen LogP contribution in [-0.2, 0) is 4.79 Å². The van der Waals surface area contributed by atoms with Crippen molar-refractivity contribution >= 4 is 47.2 Å². The Morgan fingerprint density at radius 1 is 1.00 bits per heavy atom. The second-order valence-electron chi connectivity index (χ2n) is 7.27. The predicted molar refractivity (Wildman–Crippen MR) is 134 cm³/mol. The molecule has 0 saturated heterocycles. The van der Waals surface area contributed by atoms with Crippen LogP contribution >= 0.6 is 23.2 Å². The molecule has 2 amide bonds. The molecule has 3 aromatic carbocycles. The molecule has 3 aromatic rings. The first-order valence-electron chi connectivity index (χ1n) is 10.3. The molecule has 0 aliphatic carbocycles. The summed E-state index contributed by atoms with van der Waals surface area (Å²) < 4.78 is 10.7. The molecule has 3 rings (SSSR count). The lowest BCUT2D eigenvalue weighted by Gasteiger charge is -2.10. The molecule has 10 heteroatoms. The Morgan fingerprint density at radius 2 is 1.80 bits per heavy atom. The number of aryl methyl sites for hydroxylation is 1. The molecule has 0 aliphatic rings. The summed E-state index contributed by atoms with van der Waals surface area (Å²) >= 11 is 11.9. The van der Waals surface area contributed by atoms with Gasteiger partial charge in [-0.1, -0.05) is 40.9 Å². The molecule has 2 N–H and O–H groups in total. The number of nitrogens with zero attached hydrogens (tertiary/aromatic N) is 1. The van der Waals surface area contributed by atoms with Gasteiger partial charge in [0, 0.05) is 10.6 Å². The molecule has 0 bridgehead atoms. The van der Waals surface area contributed by atoms with Crippen LogP contribution in [0.5, 0.6) is 11.5 Å². The Bertz CT molecular complexity index is 1290. The molecule has 0 aliphatic heterocycles. The van der Waals surface area contributed by atoms with Gasteiger partial charge in [-0.15, -0.1) is 0 Å². The normalized spacial score (nSPS) is 10.6. The van der Waals surface area contributed by atoms with Gasteiger partial charge < -0.3 is 14.8 Å². The van der Waals surface area contributed by atoms with E-state index in [4.69, 9.17) is 32.7 Å². The summed E-state index contributed by atoms with van der Waals surface area (Å²) in [5.74, 6) is -1.10. The third kappa shape index (κ3) is 7.30. The quantitative estimate of drug-likeness (QED) is 0.201. The Morgan fingerprint density at radius 3 is 2.51 bits per heavy atom. The second kappa shape index (κ2) is 12.0. The number of benzene rings is 3. The van der Waals surface area contributed by atoms with Crippen LogP contribution in [0.1, 0.15) is 31.8 Å². The van der Waals surface area contributed by atoms with Gasteiger partial charge in [0.1, 0.15) is 0 Å². The molecule has 0 heterocycles. The smallest absolute Gasteiger partial charge is 0.345 e. The summed E-state index contributed by atoms with van der Waals surface area (Å²) in [6.45, 7) is 1.63. The fraction of sp³-hybridized carbons (Fsp3) is 0.120. The molecule has 8 nitrogen and oxygen atoms in total. The number of carbonyl (C=O) groups excluding carboxylic acids is 3. The lowest BCUT2D eigenvalue weighted by Crippen LogP contribution is -2.34. The van der Waals surface area contributed by atoms with Crippen molar-refractivity contribution in [2.75, 3.05) is 13.7 Å². The first-order chi connectivity index (χ1) is 16.8. The van der Waals surface area contributed by atoms with Gasteiger partial charge in [-0.3, -0.25) is 9.59 Å². The number of ether oxygens (including phenoxy) is 2. The van der Waals surface area contributed by atoms with Gasteiger partial charge in [-0.05, 0) is 61.0 Å². The minimum atomic E-state index is -0.675. The molecule has 0 saturated carbocycles. The Kier molecular flexibility index (Phi) is 8.83. The van der Waals surface area contributed by atoms with Crippen LogP contribution in [0.25, 0.3) is 0 Å². The number of rotatable bonds is 8. The number of esters is 1. The van der Waals surface area contributed by atoms with Crippen LogP contribution in [0.15, 0.2) is 65.8 Å². The summed E-state index contributed by atoms with van der Waals surface area (Å²) in [7, 11) is 1.42. The van der Waals surface area contributed by atoms with Crippen molar-refractivity contribution in [3.63, 3.8) is 0 Å². The van der Waals surface area contributed by atoms with E-state index in [2.05, 4.69) is 15.8 Å². The number of nitrogens with one attached hydrogen (secondary N) is 2. The molecule has 35 heavy (non-hydrogen) atoms. The zero-order valence-corrected chi connectivity index (χ0v) is 20.3. The minimum absolute atomic E-state index is 0.154. The van der Waals surface area contributed by atoms with E-state index in [0.717, 1.165) is 5.56 Å². The predicted octanol–water partition coefficient (Wildman–Crippen LogP) is 4.41. The summed E-state index contributed by atoms with van der Waals surface area (Å²) in [5.41, 5.74) is 4.46. The summed E-state index contributed by atoms with van der Waals surface area (Å²) in [6.07, 6.45) is 1.38. The van der Waals surface area contributed by atoms with Gasteiger partial charge in [-0.2, -0.15) is 5.10 Å². The van der Waals surface area contributed by atoms with E-state index in [9.17, 15) is 14.4 Å². The molecule has 0 spiro atoms. The minimum Gasteiger partial charge on any atom is -0.493 e.